The topological polar surface area (TPSA) is 140 Å². The zero-order valence-corrected chi connectivity index (χ0v) is 44.2. The molecule has 5 aliphatic rings. The van der Waals surface area contributed by atoms with Crippen LogP contribution in [0.5, 0.6) is 23.0 Å². The molecule has 21 heteroatoms. The molecule has 6 heterocycles. The minimum atomic E-state index is -5.06. The fourth-order valence-electron chi connectivity index (χ4n) is 11.7. The second kappa shape index (κ2) is 20.5. The van der Waals surface area contributed by atoms with Crippen LogP contribution < -0.4 is 34.5 Å². The van der Waals surface area contributed by atoms with E-state index in [0.29, 0.717) is 48.1 Å². The van der Waals surface area contributed by atoms with Crippen molar-refractivity contribution in [3.63, 3.8) is 0 Å². The van der Waals surface area contributed by atoms with E-state index in [-0.39, 0.29) is 74.1 Å². The van der Waals surface area contributed by atoms with Gasteiger partial charge in [0.15, 0.2) is 11.6 Å². The van der Waals surface area contributed by atoms with Crippen LogP contribution in [0.3, 0.4) is 0 Å². The molecule has 14 nitrogen and oxygen atoms in total. The maximum Gasteiger partial charge on any atom is 0.418 e. The zero-order valence-electron chi connectivity index (χ0n) is 43.4. The summed E-state index contributed by atoms with van der Waals surface area (Å²) in [6.45, 7) is 4.37. The van der Waals surface area contributed by atoms with Crippen molar-refractivity contribution < 1.29 is 50.0 Å². The van der Waals surface area contributed by atoms with E-state index >= 15 is 26.3 Å². The molecule has 408 valence electrons. The highest BCUT2D eigenvalue weighted by molar-refractivity contribution is 6.38. The van der Waals surface area contributed by atoms with Gasteiger partial charge in [0, 0.05) is 50.3 Å². The quantitative estimate of drug-likeness (QED) is 0.0892. The fraction of sp³-hybridized carbons (Fsp3) is 0.386. The number of aliphatic imine (C=N–C) groups is 2. The van der Waals surface area contributed by atoms with Crippen molar-refractivity contribution in [3.8, 4) is 34.3 Å². The van der Waals surface area contributed by atoms with Crippen LogP contribution in [0.15, 0.2) is 101 Å². The molecule has 78 heavy (non-hydrogen) atoms. The number of aromatic nitrogens is 3. The molecule has 0 bridgehead atoms. The van der Waals surface area contributed by atoms with Crippen LogP contribution in [-0.4, -0.2) is 96.8 Å². The Hall–Kier alpha value is -7.32. The van der Waals surface area contributed by atoms with Crippen LogP contribution in [-0.2, 0) is 30.5 Å². The van der Waals surface area contributed by atoms with Gasteiger partial charge in [-0.05, 0) is 97.4 Å². The van der Waals surface area contributed by atoms with Crippen molar-refractivity contribution in [2.75, 3.05) is 63.2 Å². The van der Waals surface area contributed by atoms with Gasteiger partial charge in [-0.15, -0.1) is 0 Å². The highest BCUT2D eigenvalue weighted by atomic mass is 35.5. The third kappa shape index (κ3) is 9.74. The number of nitrogens with one attached hydrogen (secondary N) is 2. The Bertz CT molecular complexity index is 3260. The van der Waals surface area contributed by atoms with Crippen molar-refractivity contribution in [3.05, 3.63) is 141 Å². The number of rotatable bonds is 16. The Morgan fingerprint density at radius 3 is 2.14 bits per heavy atom. The van der Waals surface area contributed by atoms with Gasteiger partial charge < -0.3 is 39.2 Å². The van der Waals surface area contributed by atoms with Crippen molar-refractivity contribution in [1.82, 2.24) is 19.9 Å². The largest absolute Gasteiger partial charge is 0.497 e. The van der Waals surface area contributed by atoms with Gasteiger partial charge in [-0.1, -0.05) is 54.9 Å². The zero-order chi connectivity index (χ0) is 54.7. The summed E-state index contributed by atoms with van der Waals surface area (Å²) in [5, 5.41) is 6.10. The van der Waals surface area contributed by atoms with Gasteiger partial charge in [0.25, 0.3) is 5.92 Å². The Kier molecular flexibility index (Phi) is 13.8. The summed E-state index contributed by atoms with van der Waals surface area (Å²) in [5.41, 5.74) is -1.60. The summed E-state index contributed by atoms with van der Waals surface area (Å²) in [7, 11) is 4.68. The molecular weight excluding hydrogens is 1040 g/mol. The molecular formula is C57H56ClF6N9O5. The van der Waals surface area contributed by atoms with Crippen molar-refractivity contribution in [2.24, 2.45) is 15.4 Å². The molecule has 2 aromatic heterocycles. The number of anilines is 3. The standard InChI is InChI=1S/C57H56ClF6N9O5/c1-32-21-41(72(24-35-9-15-38(75-4)16-10-35)25-36-11-17-39(76-5)18-12-36)70-48(44(32)57(62,63)64)42-45(58)49-43-50(68-31-67-49)47(33(2)40-23-65-30-69-52(40)66-22-34-7-13-37(74-3)14-8-34)71-53(78-51(43)46(42)59)77-29-55-19-6-20-73(55)28-54(26-55)27-56(54,60)61/h7-18,21,23,30,33,47,67H,6,19-20,22,24-29,31H2,1-5H3,(H,65,66,69)/t33-,47?,54-,55+/m1/s1. The van der Waals surface area contributed by atoms with Gasteiger partial charge in [-0.3, -0.25) is 9.89 Å². The Labute approximate surface area is 451 Å². The fourth-order valence-corrected chi connectivity index (χ4v) is 12.0. The highest BCUT2D eigenvalue weighted by Crippen LogP contribution is 2.69. The van der Waals surface area contributed by atoms with Crippen LogP contribution >= 0.6 is 11.6 Å². The second-order valence-electron chi connectivity index (χ2n) is 20.7. The predicted octanol–water partition coefficient (Wildman–Crippen LogP) is 11.9. The Morgan fingerprint density at radius 1 is 0.910 bits per heavy atom. The van der Waals surface area contributed by atoms with E-state index in [1.54, 1.807) is 56.7 Å². The molecule has 4 aromatic carbocycles. The highest BCUT2D eigenvalue weighted by Gasteiger charge is 2.77. The molecule has 2 saturated heterocycles. The maximum absolute atomic E-state index is 18.4. The summed E-state index contributed by atoms with van der Waals surface area (Å²) >= 11 is 7.32. The van der Waals surface area contributed by atoms with E-state index in [0.717, 1.165) is 23.1 Å². The van der Waals surface area contributed by atoms with Crippen LogP contribution in [0.4, 0.5) is 43.7 Å². The number of hydrogen-bond acceptors (Lipinski definition) is 14. The number of benzene rings is 4. The monoisotopic (exact) mass is 1100 g/mol. The SMILES string of the molecule is COc1ccc(CNc2ncncc2[C@@H](C)C2N=C(OC[C@@]34CCCN3C[C@]3(CC3(F)F)C4)Oc3c(F)c(-c4nc(N(Cc5ccc(OC)cc5)Cc5ccc(OC)cc5)cc(C)c4C(F)(F)F)c(Cl)c4c3C2=NCN4)cc1. The number of aryl methyl sites for hydroxylation is 1. The van der Waals surface area contributed by atoms with Gasteiger partial charge in [0.05, 0.1) is 71.1 Å². The van der Waals surface area contributed by atoms with Crippen LogP contribution in [0.1, 0.15) is 77.5 Å². The number of nitrogens with zero attached hydrogens (tertiary/aromatic N) is 7. The van der Waals surface area contributed by atoms with Gasteiger partial charge in [-0.25, -0.2) is 33.1 Å². The first kappa shape index (κ1) is 52.7. The summed E-state index contributed by atoms with van der Waals surface area (Å²) in [5.74, 6) is -2.86. The van der Waals surface area contributed by atoms with Crippen LogP contribution in [0.25, 0.3) is 11.3 Å². The molecule has 1 saturated carbocycles. The second-order valence-corrected chi connectivity index (χ2v) is 21.0. The summed E-state index contributed by atoms with van der Waals surface area (Å²) < 4.78 is 125. The lowest BCUT2D eigenvalue weighted by Crippen LogP contribution is -2.43. The first-order valence-electron chi connectivity index (χ1n) is 25.6. The van der Waals surface area contributed by atoms with Crippen molar-refractivity contribution in [1.29, 1.82) is 0 Å². The summed E-state index contributed by atoms with van der Waals surface area (Å²) in [4.78, 5) is 27.4. The Morgan fingerprint density at radius 2 is 1.54 bits per heavy atom. The van der Waals surface area contributed by atoms with Gasteiger partial charge in [-0.2, -0.15) is 13.2 Å². The van der Waals surface area contributed by atoms with E-state index in [9.17, 15) is 0 Å². The Balaban J connectivity index is 1.03. The average Bonchev–Trinajstić information content (AvgIpc) is 3.73. The van der Waals surface area contributed by atoms with Gasteiger partial charge in [0.1, 0.15) is 54.5 Å². The number of pyridine rings is 1. The number of fused-ring (bicyclic) bond motifs is 1. The first-order valence-corrected chi connectivity index (χ1v) is 25.9. The maximum atomic E-state index is 18.4. The number of alkyl halides is 5. The molecule has 6 aromatic rings. The average molecular weight is 1100 g/mol. The molecule has 1 unspecified atom stereocenters. The third-order valence-corrected chi connectivity index (χ3v) is 16.2. The lowest BCUT2D eigenvalue weighted by molar-refractivity contribution is -0.137. The van der Waals surface area contributed by atoms with E-state index < -0.39 is 74.5 Å². The van der Waals surface area contributed by atoms with Gasteiger partial charge >= 0.3 is 12.3 Å². The molecule has 1 spiro atoms. The minimum Gasteiger partial charge on any atom is -0.497 e. The first-order chi connectivity index (χ1) is 37.4. The summed E-state index contributed by atoms with van der Waals surface area (Å²) in [6, 6.07) is 22.3. The van der Waals surface area contributed by atoms with E-state index in [1.807, 2.05) is 60.4 Å². The van der Waals surface area contributed by atoms with Crippen molar-refractivity contribution >= 4 is 40.7 Å². The molecule has 1 aliphatic carbocycles. The van der Waals surface area contributed by atoms with Gasteiger partial charge in [0.2, 0.25) is 0 Å². The smallest absolute Gasteiger partial charge is 0.418 e. The summed E-state index contributed by atoms with van der Waals surface area (Å²) in [6.07, 6.45) is -1.22. The van der Waals surface area contributed by atoms with E-state index in [1.165, 1.54) is 19.3 Å². The van der Waals surface area contributed by atoms with Crippen LogP contribution in [0, 0.1) is 18.2 Å². The predicted molar refractivity (Wildman–Crippen MR) is 284 cm³/mol. The molecule has 2 N–H and O–H groups in total. The van der Waals surface area contributed by atoms with E-state index in [4.69, 9.17) is 50.3 Å². The van der Waals surface area contributed by atoms with Crippen LogP contribution in [0.2, 0.25) is 5.02 Å². The lowest BCUT2D eigenvalue weighted by atomic mass is 9.86. The number of hydrogen-bond donors (Lipinski definition) is 2. The number of halogens is 7. The molecule has 0 radical (unpaired) electrons. The molecule has 0 amide bonds. The minimum absolute atomic E-state index is 0.0106. The third-order valence-electron chi connectivity index (χ3n) is 15.8. The van der Waals surface area contributed by atoms with E-state index in [2.05, 4.69) is 20.6 Å². The normalized spacial score (nSPS) is 21.3. The lowest BCUT2D eigenvalue weighted by Gasteiger charge is -2.31. The molecule has 4 atom stereocenters. The number of methoxy groups -OCH3 is 3. The van der Waals surface area contributed by atoms with Crippen molar-refractivity contribution in [2.45, 2.75) is 88.8 Å². The molecule has 3 fully saturated rings. The molecule has 4 aliphatic heterocycles. The number of ether oxygens (including phenoxy) is 5. The molecule has 11 rings (SSSR count).